The molecule has 0 bridgehead atoms. The first-order chi connectivity index (χ1) is 4.41. The summed E-state index contributed by atoms with van der Waals surface area (Å²) in [5.74, 6) is 0. The van der Waals surface area contributed by atoms with Gasteiger partial charge in [0.1, 0.15) is 6.33 Å². The van der Waals surface area contributed by atoms with Crippen LogP contribution in [0.5, 0.6) is 0 Å². The van der Waals surface area contributed by atoms with Crippen LogP contribution >= 0.6 is 0 Å². The molecule has 5 nitrogen and oxygen atoms in total. The number of hydrogen-bond acceptors (Lipinski definition) is 4. The van der Waals surface area contributed by atoms with Gasteiger partial charge in [0.15, 0.2) is 7.69 Å². The molecule has 55 valence electrons. The van der Waals surface area contributed by atoms with E-state index < -0.39 is 0 Å². The topological polar surface area (TPSA) is 101 Å². The maximum atomic E-state index is 8.36. The zero-order chi connectivity index (χ0) is 6.95. The molecule has 11 heavy (non-hydrogen) atoms. The third-order valence-corrected chi connectivity index (χ3v) is 0.478. The predicted molar refractivity (Wildman–Crippen MR) is 33.6 cm³/mol. The van der Waals surface area contributed by atoms with Crippen molar-refractivity contribution in [1.29, 1.82) is 0 Å². The van der Waals surface area contributed by atoms with E-state index in [0.717, 1.165) is 0 Å². The molecule has 7 heteroatoms. The van der Waals surface area contributed by atoms with Gasteiger partial charge in [0, 0.05) is 12.4 Å². The van der Waals surface area contributed by atoms with Crippen molar-refractivity contribution in [3.63, 3.8) is 0 Å². The first kappa shape index (κ1) is 17.2. The average molecular weight is 165 g/mol. The zero-order valence-electron chi connectivity index (χ0n) is 6.14. The van der Waals surface area contributed by atoms with E-state index >= 15 is 0 Å². The van der Waals surface area contributed by atoms with Crippen molar-refractivity contribution in [1.82, 2.24) is 9.97 Å². The third kappa shape index (κ3) is 17.8. The minimum atomic E-state index is -0.250. The van der Waals surface area contributed by atoms with Gasteiger partial charge in [-0.05, 0) is 6.07 Å². The average Bonchev–Trinajstić information content (AvgIpc) is 1.93. The van der Waals surface area contributed by atoms with Crippen LogP contribution in [-0.2, 0) is 0 Å². The van der Waals surface area contributed by atoms with E-state index in [4.69, 9.17) is 10.0 Å². The number of aromatic nitrogens is 2. The van der Waals surface area contributed by atoms with Gasteiger partial charge in [0.25, 0.3) is 0 Å². The SMILES string of the molecule is O.[Na+].[O-][B]O.c1cncnc1. The van der Waals surface area contributed by atoms with Crippen molar-refractivity contribution in [2.24, 2.45) is 0 Å². The molecular weight excluding hydrogens is 158 g/mol. The fourth-order valence-corrected chi connectivity index (χ4v) is 0.253. The summed E-state index contributed by atoms with van der Waals surface area (Å²) in [4.78, 5) is 7.35. The van der Waals surface area contributed by atoms with Crippen LogP contribution in [0.2, 0.25) is 0 Å². The van der Waals surface area contributed by atoms with Crippen molar-refractivity contribution >= 4 is 7.69 Å². The molecule has 0 amide bonds. The van der Waals surface area contributed by atoms with Gasteiger partial charge in [-0.3, -0.25) is 0 Å². The van der Waals surface area contributed by atoms with E-state index in [0.29, 0.717) is 0 Å². The van der Waals surface area contributed by atoms with Crippen molar-refractivity contribution < 1.29 is 45.1 Å². The fourth-order valence-electron chi connectivity index (χ4n) is 0.253. The standard InChI is InChI=1S/C4H4N2.BHO2.Na.H2O/c1-2-5-4-6-3-1;2-1-3;;/h1-4H;2H;;1H2/q;-1;+1;. The molecular formula is C4H7BN2NaO3. The Hall–Kier alpha value is 0.0249. The summed E-state index contributed by atoms with van der Waals surface area (Å²) in [6.45, 7) is 0. The van der Waals surface area contributed by atoms with E-state index in [1.807, 2.05) is 0 Å². The van der Waals surface area contributed by atoms with Gasteiger partial charge in [-0.1, -0.05) is 0 Å². The van der Waals surface area contributed by atoms with Gasteiger partial charge >= 0.3 is 29.6 Å². The summed E-state index contributed by atoms with van der Waals surface area (Å²) in [6.07, 6.45) is 4.88. The predicted octanol–water partition coefficient (Wildman–Crippen LogP) is -5.47. The second-order valence-corrected chi connectivity index (χ2v) is 1.01. The molecule has 0 spiro atoms. The zero-order valence-corrected chi connectivity index (χ0v) is 8.14. The van der Waals surface area contributed by atoms with Crippen molar-refractivity contribution in [3.8, 4) is 0 Å². The van der Waals surface area contributed by atoms with Crippen LogP contribution in [0, 0.1) is 0 Å². The van der Waals surface area contributed by atoms with Crippen LogP contribution in [0.25, 0.3) is 0 Å². The van der Waals surface area contributed by atoms with Crippen molar-refractivity contribution in [2.45, 2.75) is 0 Å². The molecule has 0 unspecified atom stereocenters. The van der Waals surface area contributed by atoms with Gasteiger partial charge < -0.3 is 15.5 Å². The Balaban J connectivity index is -0.000000116. The maximum Gasteiger partial charge on any atom is 1.00 e. The Morgan fingerprint density at radius 3 is 1.73 bits per heavy atom. The van der Waals surface area contributed by atoms with E-state index in [9.17, 15) is 0 Å². The number of rotatable bonds is 0. The third-order valence-electron chi connectivity index (χ3n) is 0.478. The van der Waals surface area contributed by atoms with Crippen LogP contribution in [0.4, 0.5) is 0 Å². The molecule has 1 heterocycles. The Bertz CT molecular complexity index is 106. The second kappa shape index (κ2) is 16.5. The molecule has 0 saturated carbocycles. The van der Waals surface area contributed by atoms with Crippen LogP contribution in [0.3, 0.4) is 0 Å². The molecule has 0 saturated heterocycles. The molecule has 0 atom stereocenters. The molecule has 3 N–H and O–H groups in total. The van der Waals surface area contributed by atoms with Crippen LogP contribution < -0.4 is 34.6 Å². The van der Waals surface area contributed by atoms with Crippen LogP contribution in [0.1, 0.15) is 0 Å². The second-order valence-electron chi connectivity index (χ2n) is 1.01. The maximum absolute atomic E-state index is 8.36. The summed E-state index contributed by atoms with van der Waals surface area (Å²) in [6, 6.07) is 1.78. The van der Waals surface area contributed by atoms with Gasteiger partial charge in [-0.15, -0.1) is 0 Å². The number of hydrogen-bond donors (Lipinski definition) is 1. The first-order valence-corrected chi connectivity index (χ1v) is 2.19. The molecule has 1 radical (unpaired) electrons. The minimum absolute atomic E-state index is 0. The first-order valence-electron chi connectivity index (χ1n) is 2.19. The van der Waals surface area contributed by atoms with Gasteiger partial charge in [0.05, 0.1) is 0 Å². The molecule has 0 aliphatic carbocycles. The summed E-state index contributed by atoms with van der Waals surface area (Å²) < 4.78 is 0. The van der Waals surface area contributed by atoms with E-state index in [2.05, 4.69) is 9.97 Å². The molecule has 0 aliphatic heterocycles. The molecule has 1 rings (SSSR count). The van der Waals surface area contributed by atoms with Gasteiger partial charge in [0.2, 0.25) is 0 Å². The summed E-state index contributed by atoms with van der Waals surface area (Å²) >= 11 is 0. The van der Waals surface area contributed by atoms with Crippen molar-refractivity contribution in [3.05, 3.63) is 24.8 Å². The molecule has 1 aromatic heterocycles. The monoisotopic (exact) mass is 165 g/mol. The minimum Gasteiger partial charge on any atom is -0.861 e. The molecule has 0 aliphatic rings. The van der Waals surface area contributed by atoms with Gasteiger partial charge in [-0.25, -0.2) is 9.97 Å². The molecule has 0 fully saturated rings. The normalized spacial score (nSPS) is 5.64. The Kier molecular flexibility index (Phi) is 25.9. The fraction of sp³-hybridized carbons (Fsp3) is 0. The quantitative estimate of drug-likeness (QED) is 0.387. The Labute approximate surface area is 87.4 Å². The molecule has 1 aromatic rings. The van der Waals surface area contributed by atoms with Crippen molar-refractivity contribution in [2.75, 3.05) is 0 Å². The smallest absolute Gasteiger partial charge is 0.861 e. The summed E-state index contributed by atoms with van der Waals surface area (Å²) in [5, 5.41) is 15.2. The van der Waals surface area contributed by atoms with E-state index in [1.165, 1.54) is 6.33 Å². The Morgan fingerprint density at radius 1 is 1.27 bits per heavy atom. The molecule has 0 aromatic carbocycles. The van der Waals surface area contributed by atoms with E-state index in [-0.39, 0.29) is 42.7 Å². The van der Waals surface area contributed by atoms with Gasteiger partial charge in [-0.2, -0.15) is 0 Å². The van der Waals surface area contributed by atoms with Crippen LogP contribution in [0.15, 0.2) is 24.8 Å². The summed E-state index contributed by atoms with van der Waals surface area (Å²) in [7, 11) is -0.250. The largest absolute Gasteiger partial charge is 1.00 e. The van der Waals surface area contributed by atoms with Crippen LogP contribution in [-0.4, -0.2) is 28.2 Å². The summed E-state index contributed by atoms with van der Waals surface area (Å²) in [5.41, 5.74) is 0. The van der Waals surface area contributed by atoms with E-state index in [1.54, 1.807) is 18.5 Å². The number of nitrogens with zero attached hydrogens (tertiary/aromatic N) is 2. The Morgan fingerprint density at radius 2 is 1.64 bits per heavy atom.